The first-order chi connectivity index (χ1) is 8.86. The van der Waals surface area contributed by atoms with Crippen LogP contribution in [0.3, 0.4) is 0 Å². The van der Waals surface area contributed by atoms with Gasteiger partial charge in [0.1, 0.15) is 0 Å². The van der Waals surface area contributed by atoms with E-state index in [-0.39, 0.29) is 0 Å². The molecule has 100 valence electrons. The molecule has 0 aliphatic heterocycles. The van der Waals surface area contributed by atoms with Gasteiger partial charge in [0.05, 0.1) is 26.4 Å². The maximum atomic E-state index is 5.47. The van der Waals surface area contributed by atoms with Crippen LogP contribution >= 0.6 is 8.60 Å². The van der Waals surface area contributed by atoms with Crippen molar-refractivity contribution in [1.82, 2.24) is 0 Å². The summed E-state index contributed by atoms with van der Waals surface area (Å²) in [7, 11) is -1.21. The van der Waals surface area contributed by atoms with Crippen LogP contribution in [0.15, 0.2) is 35.3 Å². The van der Waals surface area contributed by atoms with Gasteiger partial charge in [-0.15, -0.1) is 0 Å². The molecule has 1 rings (SSSR count). The molecule has 0 fully saturated rings. The maximum absolute atomic E-state index is 5.47. The molecule has 0 spiro atoms. The first-order valence-electron chi connectivity index (χ1n) is 6.10. The lowest BCUT2D eigenvalue weighted by Gasteiger charge is -2.13. The van der Waals surface area contributed by atoms with Crippen molar-refractivity contribution in [1.29, 1.82) is 0 Å². The van der Waals surface area contributed by atoms with Gasteiger partial charge in [-0.05, 0) is 19.4 Å². The van der Waals surface area contributed by atoms with Gasteiger partial charge in [0.25, 0.3) is 0 Å². The molecule has 0 radical (unpaired) electrons. The fraction of sp³-hybridized carbons (Fsp3) is 0.462. The molecular formula is C13H20NO3P. The Labute approximate surface area is 110 Å². The molecule has 0 heterocycles. The molecule has 1 aromatic carbocycles. The first kappa shape index (κ1) is 15.3. The number of hydrogen-bond donors (Lipinski definition) is 0. The summed E-state index contributed by atoms with van der Waals surface area (Å²) < 4.78 is 16.1. The maximum Gasteiger partial charge on any atom is 0.332 e. The van der Waals surface area contributed by atoms with Crippen LogP contribution in [0, 0.1) is 0 Å². The molecule has 0 amide bonds. The van der Waals surface area contributed by atoms with Crippen molar-refractivity contribution < 1.29 is 13.6 Å². The topological polar surface area (TPSA) is 40.0 Å². The summed E-state index contributed by atoms with van der Waals surface area (Å²) in [5.41, 5.74) is 1.09. The van der Waals surface area contributed by atoms with E-state index in [9.17, 15) is 0 Å². The minimum atomic E-state index is -1.21. The van der Waals surface area contributed by atoms with Gasteiger partial charge in [-0.2, -0.15) is 0 Å². The Morgan fingerprint density at radius 1 is 1.06 bits per heavy atom. The Morgan fingerprint density at radius 2 is 1.72 bits per heavy atom. The second-order valence-electron chi connectivity index (χ2n) is 3.34. The number of benzene rings is 1. The molecule has 0 saturated heterocycles. The zero-order valence-corrected chi connectivity index (χ0v) is 11.8. The van der Waals surface area contributed by atoms with Crippen molar-refractivity contribution in [3.8, 4) is 0 Å². The average Bonchev–Trinajstić information content (AvgIpc) is 2.40. The Balaban J connectivity index is 2.19. The molecule has 0 unspecified atom stereocenters. The lowest BCUT2D eigenvalue weighted by molar-refractivity contribution is 0.174. The number of hydrogen-bond acceptors (Lipinski definition) is 4. The van der Waals surface area contributed by atoms with Crippen molar-refractivity contribution in [2.75, 3.05) is 26.4 Å². The van der Waals surface area contributed by atoms with E-state index in [2.05, 4.69) is 4.99 Å². The fourth-order valence-electron chi connectivity index (χ4n) is 1.20. The van der Waals surface area contributed by atoms with Gasteiger partial charge < -0.3 is 13.6 Å². The highest BCUT2D eigenvalue weighted by Crippen LogP contribution is 2.38. The van der Waals surface area contributed by atoms with Gasteiger partial charge in [0, 0.05) is 6.21 Å². The van der Waals surface area contributed by atoms with E-state index in [1.54, 1.807) is 0 Å². The molecule has 0 saturated carbocycles. The van der Waals surface area contributed by atoms with Gasteiger partial charge in [-0.1, -0.05) is 30.3 Å². The molecule has 0 aromatic heterocycles. The van der Waals surface area contributed by atoms with Crippen molar-refractivity contribution in [3.63, 3.8) is 0 Å². The minimum Gasteiger partial charge on any atom is -0.313 e. The fourth-order valence-corrected chi connectivity index (χ4v) is 2.08. The van der Waals surface area contributed by atoms with E-state index in [1.165, 1.54) is 0 Å². The summed E-state index contributed by atoms with van der Waals surface area (Å²) in [5, 5.41) is 0. The van der Waals surface area contributed by atoms with Crippen molar-refractivity contribution in [2.45, 2.75) is 13.8 Å². The summed E-state index contributed by atoms with van der Waals surface area (Å²) in [6, 6.07) is 9.98. The molecular weight excluding hydrogens is 249 g/mol. The smallest absolute Gasteiger partial charge is 0.313 e. The summed E-state index contributed by atoms with van der Waals surface area (Å²) in [6.07, 6.45) is 1.84. The van der Waals surface area contributed by atoms with Gasteiger partial charge >= 0.3 is 8.60 Å². The predicted octanol–water partition coefficient (Wildman–Crippen LogP) is 3.42. The van der Waals surface area contributed by atoms with Crippen LogP contribution in [0.2, 0.25) is 0 Å². The van der Waals surface area contributed by atoms with Crippen LogP contribution in [0.5, 0.6) is 0 Å². The van der Waals surface area contributed by atoms with Crippen LogP contribution in [-0.2, 0) is 13.6 Å². The quantitative estimate of drug-likeness (QED) is 0.392. The molecule has 5 heteroatoms. The van der Waals surface area contributed by atoms with Crippen LogP contribution in [-0.4, -0.2) is 32.6 Å². The molecule has 0 aliphatic carbocycles. The molecule has 18 heavy (non-hydrogen) atoms. The summed E-state index contributed by atoms with van der Waals surface area (Å²) in [5.74, 6) is 0. The Bertz CT molecular complexity index is 326. The van der Waals surface area contributed by atoms with Crippen LogP contribution in [0.1, 0.15) is 19.4 Å². The van der Waals surface area contributed by atoms with Crippen LogP contribution in [0.25, 0.3) is 0 Å². The summed E-state index contributed by atoms with van der Waals surface area (Å²) in [4.78, 5) is 4.28. The van der Waals surface area contributed by atoms with E-state index in [0.717, 1.165) is 5.56 Å². The summed E-state index contributed by atoms with van der Waals surface area (Å²) in [6.45, 7) is 6.15. The minimum absolute atomic E-state index is 0.509. The molecule has 4 nitrogen and oxygen atoms in total. The predicted molar refractivity (Wildman–Crippen MR) is 75.0 cm³/mol. The highest BCUT2D eigenvalue weighted by Gasteiger charge is 2.09. The lowest BCUT2D eigenvalue weighted by atomic mass is 10.2. The van der Waals surface area contributed by atoms with Crippen molar-refractivity contribution in [2.24, 2.45) is 4.99 Å². The first-order valence-corrected chi connectivity index (χ1v) is 7.20. The number of aliphatic imine (C=N–C) groups is 1. The van der Waals surface area contributed by atoms with Crippen LogP contribution in [0.4, 0.5) is 0 Å². The second-order valence-corrected chi connectivity index (χ2v) is 4.56. The Hall–Kier alpha value is -0.800. The lowest BCUT2D eigenvalue weighted by Crippen LogP contribution is -1.99. The Morgan fingerprint density at radius 3 is 2.33 bits per heavy atom. The monoisotopic (exact) mass is 269 g/mol. The van der Waals surface area contributed by atoms with E-state index in [4.69, 9.17) is 13.6 Å². The van der Waals surface area contributed by atoms with Gasteiger partial charge in [-0.3, -0.25) is 4.99 Å². The van der Waals surface area contributed by atoms with E-state index < -0.39 is 8.60 Å². The highest BCUT2D eigenvalue weighted by molar-refractivity contribution is 7.41. The molecule has 0 aliphatic rings. The van der Waals surface area contributed by atoms with Gasteiger partial charge in [-0.25, -0.2) is 0 Å². The largest absolute Gasteiger partial charge is 0.332 e. The third kappa shape index (κ3) is 6.82. The molecule has 0 bridgehead atoms. The summed E-state index contributed by atoms with van der Waals surface area (Å²) >= 11 is 0. The standard InChI is InChI=1S/C13H20NO3P/c1-3-15-18(16-4-2)17-11-10-14-12-13-8-6-5-7-9-13/h5-9,12H,3-4,10-11H2,1-2H3. The van der Waals surface area contributed by atoms with Gasteiger partial charge in [0.15, 0.2) is 0 Å². The molecule has 0 N–H and O–H groups in total. The average molecular weight is 269 g/mol. The van der Waals surface area contributed by atoms with Crippen molar-refractivity contribution in [3.05, 3.63) is 35.9 Å². The second kappa shape index (κ2) is 10.2. The normalized spacial score (nSPS) is 11.5. The molecule has 1 aromatic rings. The van der Waals surface area contributed by atoms with E-state index >= 15 is 0 Å². The highest BCUT2D eigenvalue weighted by atomic mass is 31.2. The molecule has 0 atom stereocenters. The van der Waals surface area contributed by atoms with E-state index in [1.807, 2.05) is 50.4 Å². The Kier molecular flexibility index (Phi) is 8.61. The van der Waals surface area contributed by atoms with Crippen molar-refractivity contribution >= 4 is 14.8 Å². The van der Waals surface area contributed by atoms with Gasteiger partial charge in [0.2, 0.25) is 0 Å². The number of nitrogens with zero attached hydrogens (tertiary/aromatic N) is 1. The SMILES string of the molecule is CCOP(OCC)OCCN=Cc1ccccc1. The van der Waals surface area contributed by atoms with E-state index in [0.29, 0.717) is 26.4 Å². The number of rotatable bonds is 9. The third-order valence-corrected chi connectivity index (χ3v) is 3.26. The van der Waals surface area contributed by atoms with Crippen LogP contribution < -0.4 is 0 Å². The zero-order chi connectivity index (χ0) is 13.1. The third-order valence-electron chi connectivity index (χ3n) is 1.93. The zero-order valence-electron chi connectivity index (χ0n) is 10.9.